The van der Waals surface area contributed by atoms with Gasteiger partial charge in [0.25, 0.3) is 0 Å². The van der Waals surface area contributed by atoms with Gasteiger partial charge in [0, 0.05) is 16.6 Å². The fraction of sp³-hybridized carbons (Fsp3) is 0.600. The molecule has 2 nitrogen and oxygen atoms in total. The number of nitrogens with two attached hydrogens (primary N) is 1. The summed E-state index contributed by atoms with van der Waals surface area (Å²) in [7, 11) is 0. The van der Waals surface area contributed by atoms with Crippen molar-refractivity contribution in [1.82, 2.24) is 4.90 Å². The van der Waals surface area contributed by atoms with Crippen LogP contribution in [0.25, 0.3) is 0 Å². The summed E-state index contributed by atoms with van der Waals surface area (Å²) in [6, 6.07) is 9.55. The first kappa shape index (κ1) is 14.0. The van der Waals surface area contributed by atoms with Crippen molar-refractivity contribution < 1.29 is 0 Å². The van der Waals surface area contributed by atoms with Crippen LogP contribution in [0.4, 0.5) is 0 Å². The molecule has 1 aliphatic rings. The first-order valence-corrected chi connectivity index (χ1v) is 7.66. The lowest BCUT2D eigenvalue weighted by Gasteiger charge is -2.42. The number of rotatable bonds is 3. The molecule has 1 saturated heterocycles. The van der Waals surface area contributed by atoms with E-state index in [0.717, 1.165) is 6.54 Å². The number of piperidine rings is 1. The first-order chi connectivity index (χ1) is 8.61. The molecule has 0 radical (unpaired) electrons. The second kappa shape index (κ2) is 6.18. The maximum Gasteiger partial charge on any atom is 0.0510 e. The average Bonchev–Trinajstić information content (AvgIpc) is 2.34. The number of benzene rings is 1. The van der Waals surface area contributed by atoms with Gasteiger partial charge in [-0.05, 0) is 44.9 Å². The molecule has 1 aromatic carbocycles. The highest BCUT2D eigenvalue weighted by Gasteiger charge is 2.30. The number of hydrogen-bond donors (Lipinski definition) is 1. The van der Waals surface area contributed by atoms with Crippen LogP contribution in [-0.2, 0) is 0 Å². The minimum Gasteiger partial charge on any atom is -0.326 e. The van der Waals surface area contributed by atoms with Crippen molar-refractivity contribution in [2.45, 2.75) is 51.2 Å². The number of likely N-dealkylation sites (tertiary alicyclic amines) is 1. The van der Waals surface area contributed by atoms with Crippen molar-refractivity contribution in [3.63, 3.8) is 0 Å². The van der Waals surface area contributed by atoms with E-state index in [2.05, 4.69) is 58.9 Å². The van der Waals surface area contributed by atoms with Gasteiger partial charge in [-0.3, -0.25) is 4.90 Å². The molecule has 100 valence electrons. The van der Waals surface area contributed by atoms with Crippen molar-refractivity contribution in [1.29, 1.82) is 0 Å². The minimum atomic E-state index is 0.143. The molecule has 0 aliphatic carbocycles. The highest BCUT2D eigenvalue weighted by molar-refractivity contribution is 9.10. The Labute approximate surface area is 119 Å². The lowest BCUT2D eigenvalue weighted by Crippen LogP contribution is -2.46. The summed E-state index contributed by atoms with van der Waals surface area (Å²) in [5, 5.41) is 0. The van der Waals surface area contributed by atoms with Crippen LogP contribution < -0.4 is 5.73 Å². The van der Waals surface area contributed by atoms with Crippen LogP contribution in [0, 0.1) is 0 Å². The monoisotopic (exact) mass is 310 g/mol. The molecule has 0 spiro atoms. The third-order valence-corrected chi connectivity index (χ3v) is 4.66. The Morgan fingerprint density at radius 3 is 2.67 bits per heavy atom. The van der Waals surface area contributed by atoms with Gasteiger partial charge in [0.2, 0.25) is 0 Å². The largest absolute Gasteiger partial charge is 0.326 e. The van der Waals surface area contributed by atoms with Crippen LogP contribution in [0.15, 0.2) is 28.7 Å². The third kappa shape index (κ3) is 2.95. The van der Waals surface area contributed by atoms with Crippen molar-refractivity contribution in [3.8, 4) is 0 Å². The zero-order valence-electron chi connectivity index (χ0n) is 11.3. The summed E-state index contributed by atoms with van der Waals surface area (Å²) in [6.45, 7) is 5.60. The van der Waals surface area contributed by atoms with Crippen LogP contribution in [0.1, 0.15) is 44.7 Å². The first-order valence-electron chi connectivity index (χ1n) is 6.87. The standard InChI is InChI=1S/C15H23BrN2/c1-11-7-5-6-10-18(11)15(12(2)17)13-8-3-4-9-14(13)16/h3-4,8-9,11-12,15H,5-7,10,17H2,1-2H3. The maximum absolute atomic E-state index is 6.27. The number of nitrogens with zero attached hydrogens (tertiary/aromatic N) is 1. The Kier molecular flexibility index (Phi) is 4.82. The van der Waals surface area contributed by atoms with E-state index in [1.54, 1.807) is 0 Å². The van der Waals surface area contributed by atoms with Crippen molar-refractivity contribution >= 4 is 15.9 Å². The number of halogens is 1. The highest BCUT2D eigenvalue weighted by atomic mass is 79.9. The molecule has 1 fully saturated rings. The van der Waals surface area contributed by atoms with Gasteiger partial charge in [0.05, 0.1) is 6.04 Å². The molecule has 2 N–H and O–H groups in total. The molecule has 1 aromatic rings. The molecule has 2 rings (SSSR count). The maximum atomic E-state index is 6.27. The van der Waals surface area contributed by atoms with Crippen LogP contribution >= 0.6 is 15.9 Å². The smallest absolute Gasteiger partial charge is 0.0510 e. The fourth-order valence-electron chi connectivity index (χ4n) is 3.01. The van der Waals surface area contributed by atoms with E-state index in [0.29, 0.717) is 12.1 Å². The Hall–Kier alpha value is -0.380. The number of hydrogen-bond acceptors (Lipinski definition) is 2. The molecular formula is C15H23BrN2. The van der Waals surface area contributed by atoms with Gasteiger partial charge in [0.15, 0.2) is 0 Å². The predicted molar refractivity (Wildman–Crippen MR) is 80.6 cm³/mol. The summed E-state index contributed by atoms with van der Waals surface area (Å²) in [5.74, 6) is 0. The van der Waals surface area contributed by atoms with Gasteiger partial charge >= 0.3 is 0 Å². The molecule has 0 bridgehead atoms. The summed E-state index contributed by atoms with van der Waals surface area (Å²) in [6.07, 6.45) is 3.92. The Bertz CT molecular complexity index is 392. The van der Waals surface area contributed by atoms with E-state index in [9.17, 15) is 0 Å². The van der Waals surface area contributed by atoms with Gasteiger partial charge in [-0.25, -0.2) is 0 Å². The van der Waals surface area contributed by atoms with Gasteiger partial charge in [0.1, 0.15) is 0 Å². The van der Waals surface area contributed by atoms with Crippen molar-refractivity contribution in [2.24, 2.45) is 5.73 Å². The van der Waals surface area contributed by atoms with E-state index in [1.165, 1.54) is 29.3 Å². The normalized spacial score (nSPS) is 24.8. The van der Waals surface area contributed by atoms with E-state index in [1.807, 2.05) is 0 Å². The molecule has 3 atom stereocenters. The third-order valence-electron chi connectivity index (χ3n) is 3.93. The lowest BCUT2D eigenvalue weighted by atomic mass is 9.93. The van der Waals surface area contributed by atoms with Crippen LogP contribution in [-0.4, -0.2) is 23.5 Å². The van der Waals surface area contributed by atoms with Crippen LogP contribution in [0.2, 0.25) is 0 Å². The molecule has 18 heavy (non-hydrogen) atoms. The zero-order chi connectivity index (χ0) is 13.1. The second-order valence-corrected chi connectivity index (χ2v) is 6.26. The van der Waals surface area contributed by atoms with Gasteiger partial charge in [-0.1, -0.05) is 40.5 Å². The fourth-order valence-corrected chi connectivity index (χ4v) is 3.53. The topological polar surface area (TPSA) is 29.3 Å². The Balaban J connectivity index is 2.31. The van der Waals surface area contributed by atoms with Crippen LogP contribution in [0.3, 0.4) is 0 Å². The average molecular weight is 311 g/mol. The summed E-state index contributed by atoms with van der Waals surface area (Å²) >= 11 is 3.67. The lowest BCUT2D eigenvalue weighted by molar-refractivity contribution is 0.0919. The predicted octanol–water partition coefficient (Wildman–Crippen LogP) is 3.71. The zero-order valence-corrected chi connectivity index (χ0v) is 12.9. The summed E-state index contributed by atoms with van der Waals surface area (Å²) < 4.78 is 1.17. The molecule has 0 aromatic heterocycles. The molecular weight excluding hydrogens is 288 g/mol. The van der Waals surface area contributed by atoms with E-state index >= 15 is 0 Å². The van der Waals surface area contributed by atoms with Crippen molar-refractivity contribution in [3.05, 3.63) is 34.3 Å². The molecule has 0 saturated carbocycles. The Morgan fingerprint density at radius 1 is 1.33 bits per heavy atom. The summed E-state index contributed by atoms with van der Waals surface area (Å²) in [5.41, 5.74) is 7.59. The summed E-state index contributed by atoms with van der Waals surface area (Å²) in [4.78, 5) is 2.58. The molecule has 1 aliphatic heterocycles. The minimum absolute atomic E-state index is 0.143. The van der Waals surface area contributed by atoms with Gasteiger partial charge < -0.3 is 5.73 Å². The Morgan fingerprint density at radius 2 is 2.06 bits per heavy atom. The molecule has 1 heterocycles. The van der Waals surface area contributed by atoms with E-state index in [-0.39, 0.29) is 6.04 Å². The van der Waals surface area contributed by atoms with Gasteiger partial charge in [-0.2, -0.15) is 0 Å². The van der Waals surface area contributed by atoms with Crippen molar-refractivity contribution in [2.75, 3.05) is 6.54 Å². The molecule has 3 heteroatoms. The van der Waals surface area contributed by atoms with Crippen LogP contribution in [0.5, 0.6) is 0 Å². The van der Waals surface area contributed by atoms with Gasteiger partial charge in [-0.15, -0.1) is 0 Å². The molecule has 3 unspecified atom stereocenters. The van der Waals surface area contributed by atoms with E-state index in [4.69, 9.17) is 5.73 Å². The van der Waals surface area contributed by atoms with E-state index < -0.39 is 0 Å². The second-order valence-electron chi connectivity index (χ2n) is 5.41. The highest BCUT2D eigenvalue weighted by Crippen LogP contribution is 2.34. The SMILES string of the molecule is CC(N)C(c1ccccc1Br)N1CCCCC1C. The molecule has 0 amide bonds. The quantitative estimate of drug-likeness (QED) is 0.922.